The van der Waals surface area contributed by atoms with Gasteiger partial charge in [0.15, 0.2) is 11.2 Å². The van der Waals surface area contributed by atoms with E-state index in [2.05, 4.69) is 0 Å². The van der Waals surface area contributed by atoms with Crippen molar-refractivity contribution in [2.45, 2.75) is 19.9 Å². The van der Waals surface area contributed by atoms with Crippen molar-refractivity contribution in [3.05, 3.63) is 105 Å². The maximum absolute atomic E-state index is 13.6. The minimum atomic E-state index is -0.783. The van der Waals surface area contributed by atoms with Crippen LogP contribution < -0.4 is 10.3 Å². The summed E-state index contributed by atoms with van der Waals surface area (Å²) in [5.41, 5.74) is 2.80. The summed E-state index contributed by atoms with van der Waals surface area (Å²) in [5, 5.41) is 10.5. The number of nitrogens with zero attached hydrogens (tertiary/aromatic N) is 1. The zero-order chi connectivity index (χ0) is 22.6. The first-order valence-electron chi connectivity index (χ1n) is 10.2. The maximum atomic E-state index is 13.6. The zero-order valence-corrected chi connectivity index (χ0v) is 17.5. The van der Waals surface area contributed by atoms with Crippen molar-refractivity contribution < 1.29 is 19.1 Å². The molecule has 0 saturated heterocycles. The molecule has 6 nitrogen and oxygen atoms in total. The lowest BCUT2D eigenvalue weighted by Gasteiger charge is -2.25. The SMILES string of the molecule is CC(=O)c1ccc(N2C(=O)c3oc4ccc(C)cc4c(=O)c3C2c2cccc(O)c2)cc1. The second-order valence-corrected chi connectivity index (χ2v) is 7.95. The molecule has 0 radical (unpaired) electrons. The van der Waals surface area contributed by atoms with Crippen LogP contribution in [0, 0.1) is 6.92 Å². The number of hydrogen-bond acceptors (Lipinski definition) is 5. The fraction of sp³-hybridized carbons (Fsp3) is 0.115. The summed E-state index contributed by atoms with van der Waals surface area (Å²) >= 11 is 0. The van der Waals surface area contributed by atoms with Gasteiger partial charge in [0.25, 0.3) is 5.91 Å². The minimum Gasteiger partial charge on any atom is -0.508 e. The first-order chi connectivity index (χ1) is 15.3. The van der Waals surface area contributed by atoms with Gasteiger partial charge in [-0.05, 0) is 67.9 Å². The van der Waals surface area contributed by atoms with E-state index >= 15 is 0 Å². The molecule has 1 atom stereocenters. The summed E-state index contributed by atoms with van der Waals surface area (Å²) in [6, 6.07) is 17.6. The topological polar surface area (TPSA) is 87.8 Å². The minimum absolute atomic E-state index is 0.0182. The quantitative estimate of drug-likeness (QED) is 0.478. The van der Waals surface area contributed by atoms with Gasteiger partial charge in [0.05, 0.1) is 17.0 Å². The summed E-state index contributed by atoms with van der Waals surface area (Å²) in [7, 11) is 0. The normalized spacial score (nSPS) is 15.2. The molecule has 6 heteroatoms. The van der Waals surface area contributed by atoms with Gasteiger partial charge in [0.2, 0.25) is 5.76 Å². The van der Waals surface area contributed by atoms with Gasteiger partial charge in [-0.15, -0.1) is 0 Å². The standard InChI is InChI=1S/C26H19NO5/c1-14-6-11-21-20(12-14)24(30)22-23(17-4-3-5-19(29)13-17)27(26(31)25(22)32-21)18-9-7-16(8-10-18)15(2)28/h3-13,23,29H,1-2H3. The van der Waals surface area contributed by atoms with Gasteiger partial charge in [0, 0.05) is 11.3 Å². The third-order valence-electron chi connectivity index (χ3n) is 5.76. The number of aromatic hydroxyl groups is 1. The Bertz CT molecular complexity index is 1470. The van der Waals surface area contributed by atoms with Crippen molar-refractivity contribution in [1.82, 2.24) is 0 Å². The molecule has 1 N–H and O–H groups in total. The number of phenolic OH excluding ortho intramolecular Hbond substituents is 1. The van der Waals surface area contributed by atoms with Crippen LogP contribution in [0.5, 0.6) is 5.75 Å². The van der Waals surface area contributed by atoms with Crippen LogP contribution >= 0.6 is 0 Å². The first-order valence-corrected chi connectivity index (χ1v) is 10.2. The number of benzene rings is 3. The molecule has 0 aliphatic carbocycles. The van der Waals surface area contributed by atoms with Crippen LogP contribution in [0.25, 0.3) is 11.0 Å². The highest BCUT2D eigenvalue weighted by Gasteiger charge is 2.43. The van der Waals surface area contributed by atoms with Crippen molar-refractivity contribution in [3.8, 4) is 5.75 Å². The molecular weight excluding hydrogens is 406 g/mol. The molecule has 0 bridgehead atoms. The Kier molecular flexibility index (Phi) is 4.44. The fourth-order valence-corrected chi connectivity index (χ4v) is 4.22. The van der Waals surface area contributed by atoms with Crippen molar-refractivity contribution in [1.29, 1.82) is 0 Å². The van der Waals surface area contributed by atoms with Gasteiger partial charge < -0.3 is 9.52 Å². The highest BCUT2D eigenvalue weighted by atomic mass is 16.3. The van der Waals surface area contributed by atoms with Gasteiger partial charge in [-0.2, -0.15) is 0 Å². The second kappa shape index (κ2) is 7.20. The zero-order valence-electron chi connectivity index (χ0n) is 17.5. The number of aryl methyl sites for hydroxylation is 1. The summed E-state index contributed by atoms with van der Waals surface area (Å²) in [4.78, 5) is 40.2. The van der Waals surface area contributed by atoms with E-state index in [-0.39, 0.29) is 28.3 Å². The molecule has 4 aromatic rings. The Morgan fingerprint density at radius 2 is 1.75 bits per heavy atom. The van der Waals surface area contributed by atoms with Crippen molar-refractivity contribution >= 4 is 28.3 Å². The van der Waals surface area contributed by atoms with E-state index < -0.39 is 11.9 Å². The van der Waals surface area contributed by atoms with E-state index in [1.54, 1.807) is 48.5 Å². The highest BCUT2D eigenvalue weighted by molar-refractivity contribution is 6.11. The van der Waals surface area contributed by atoms with Crippen LogP contribution in [0.4, 0.5) is 5.69 Å². The molecule has 158 valence electrons. The van der Waals surface area contributed by atoms with Crippen LogP contribution in [0.3, 0.4) is 0 Å². The molecule has 1 amide bonds. The Morgan fingerprint density at radius 3 is 2.44 bits per heavy atom. The second-order valence-electron chi connectivity index (χ2n) is 7.95. The number of carbonyl (C=O) groups is 2. The number of fused-ring (bicyclic) bond motifs is 2. The van der Waals surface area contributed by atoms with Gasteiger partial charge >= 0.3 is 0 Å². The monoisotopic (exact) mass is 425 g/mol. The lowest BCUT2D eigenvalue weighted by atomic mass is 9.97. The van der Waals surface area contributed by atoms with E-state index in [9.17, 15) is 19.5 Å². The molecule has 0 saturated carbocycles. The number of phenols is 1. The number of ketones is 1. The van der Waals surface area contributed by atoms with Crippen molar-refractivity contribution in [2.24, 2.45) is 0 Å². The molecule has 32 heavy (non-hydrogen) atoms. The third kappa shape index (κ3) is 3.00. The molecule has 2 heterocycles. The van der Waals surface area contributed by atoms with Gasteiger partial charge in [-0.3, -0.25) is 19.3 Å². The van der Waals surface area contributed by atoms with E-state index in [1.807, 2.05) is 13.0 Å². The molecule has 0 spiro atoms. The average Bonchev–Trinajstić information content (AvgIpc) is 3.07. The van der Waals surface area contributed by atoms with E-state index in [0.717, 1.165) is 5.56 Å². The average molecular weight is 425 g/mol. The molecule has 1 aromatic heterocycles. The van der Waals surface area contributed by atoms with E-state index in [0.29, 0.717) is 27.8 Å². The van der Waals surface area contributed by atoms with Crippen LogP contribution in [0.15, 0.2) is 75.9 Å². The van der Waals surface area contributed by atoms with Crippen LogP contribution in [-0.4, -0.2) is 16.8 Å². The van der Waals surface area contributed by atoms with E-state index in [1.165, 1.54) is 24.0 Å². The molecule has 1 unspecified atom stereocenters. The van der Waals surface area contributed by atoms with Crippen molar-refractivity contribution in [2.75, 3.05) is 4.90 Å². The van der Waals surface area contributed by atoms with Gasteiger partial charge in [0.1, 0.15) is 11.3 Å². The summed E-state index contributed by atoms with van der Waals surface area (Å²) in [6.45, 7) is 3.35. The van der Waals surface area contributed by atoms with E-state index in [4.69, 9.17) is 4.42 Å². The van der Waals surface area contributed by atoms with Crippen LogP contribution in [0.1, 0.15) is 50.6 Å². The predicted molar refractivity (Wildman–Crippen MR) is 120 cm³/mol. The smallest absolute Gasteiger partial charge is 0.295 e. The number of hydrogen-bond donors (Lipinski definition) is 1. The Hall–Kier alpha value is -4.19. The molecule has 0 fully saturated rings. The lowest BCUT2D eigenvalue weighted by Crippen LogP contribution is -2.29. The predicted octanol–water partition coefficient (Wildman–Crippen LogP) is 4.76. The third-order valence-corrected chi connectivity index (χ3v) is 5.76. The summed E-state index contributed by atoms with van der Waals surface area (Å²) < 4.78 is 5.94. The molecule has 3 aromatic carbocycles. The molecule has 1 aliphatic rings. The molecule has 5 rings (SSSR count). The number of carbonyl (C=O) groups excluding carboxylic acids is 2. The number of anilines is 1. The molecular formula is C26H19NO5. The molecule has 1 aliphatic heterocycles. The summed E-state index contributed by atoms with van der Waals surface area (Å²) in [5.74, 6) is -0.536. The van der Waals surface area contributed by atoms with Crippen LogP contribution in [-0.2, 0) is 0 Å². The summed E-state index contributed by atoms with van der Waals surface area (Å²) in [6.07, 6.45) is 0. The van der Waals surface area contributed by atoms with Crippen LogP contribution in [0.2, 0.25) is 0 Å². The number of amides is 1. The lowest BCUT2D eigenvalue weighted by molar-refractivity contribution is 0.0970. The maximum Gasteiger partial charge on any atom is 0.295 e. The van der Waals surface area contributed by atoms with Gasteiger partial charge in [-0.25, -0.2) is 0 Å². The first kappa shape index (κ1) is 19.8. The fourth-order valence-electron chi connectivity index (χ4n) is 4.22. The van der Waals surface area contributed by atoms with Crippen molar-refractivity contribution in [3.63, 3.8) is 0 Å². The number of rotatable bonds is 3. The van der Waals surface area contributed by atoms with Gasteiger partial charge in [-0.1, -0.05) is 23.8 Å². The Morgan fingerprint density at radius 1 is 1.00 bits per heavy atom. The Labute approximate surface area is 183 Å². The number of Topliss-reactive ketones (excluding diaryl/α,β-unsaturated/α-hetero) is 1. The Balaban J connectivity index is 1.79. The highest BCUT2D eigenvalue weighted by Crippen LogP contribution is 2.41. The largest absolute Gasteiger partial charge is 0.508 e.